The summed E-state index contributed by atoms with van der Waals surface area (Å²) >= 11 is 1.66. The number of methoxy groups -OCH3 is 1. The van der Waals surface area contributed by atoms with Gasteiger partial charge in [-0.3, -0.25) is 4.68 Å². The van der Waals surface area contributed by atoms with E-state index in [1.165, 1.54) is 0 Å². The number of anilines is 1. The number of hydrogen-bond acceptors (Lipinski definition) is 7. The number of rotatable bonds is 7. The fourth-order valence-electron chi connectivity index (χ4n) is 5.07. The molecule has 1 N–H and O–H groups in total. The molecule has 4 heterocycles. The highest BCUT2D eigenvalue weighted by atomic mass is 32.1. The van der Waals surface area contributed by atoms with Crippen molar-refractivity contribution in [2.75, 3.05) is 12.4 Å². The largest absolute Gasteiger partial charge is 0.381 e. The van der Waals surface area contributed by atoms with Crippen LogP contribution in [0.5, 0.6) is 0 Å². The maximum Gasteiger partial charge on any atom is 0.199 e. The molecule has 37 heavy (non-hydrogen) atoms. The van der Waals surface area contributed by atoms with Gasteiger partial charge in [0.1, 0.15) is 16.3 Å². The van der Waals surface area contributed by atoms with Gasteiger partial charge >= 0.3 is 0 Å². The van der Waals surface area contributed by atoms with Crippen molar-refractivity contribution in [2.24, 2.45) is 7.05 Å². The first-order valence-corrected chi connectivity index (χ1v) is 13.6. The van der Waals surface area contributed by atoms with Gasteiger partial charge in [-0.15, -0.1) is 11.3 Å². The smallest absolute Gasteiger partial charge is 0.199 e. The number of aryl methyl sites for hydroxylation is 1. The minimum absolute atomic E-state index is 0.274. The summed E-state index contributed by atoms with van der Waals surface area (Å²) in [5.41, 5.74) is 3.19. The Hall–Kier alpha value is -3.56. The number of nitrogens with one attached hydrogen (secondary N) is 1. The van der Waals surface area contributed by atoms with Gasteiger partial charge in [0.05, 0.1) is 16.4 Å². The Bertz CT molecular complexity index is 1530. The van der Waals surface area contributed by atoms with E-state index >= 15 is 0 Å². The molecular formula is C28H31N7OS. The van der Waals surface area contributed by atoms with Crippen molar-refractivity contribution < 1.29 is 4.74 Å². The number of imidazole rings is 1. The standard InChI is InChI=1S/C28H31N7OS/c1-17(2)35-14-12-21(33-35)24-22(18-8-6-5-7-9-18)23-25(30-19-10-11-20(16-19)36-4)31-26(32-28(23)37-24)27-29-13-15-34(27)3/h5-9,12-15,17,19-20H,10-11,16H2,1-4H3,(H,30,31,32)/t19-,20+/m0/s1. The monoisotopic (exact) mass is 513 g/mol. The van der Waals surface area contributed by atoms with Crippen LogP contribution in [0.1, 0.15) is 39.2 Å². The molecule has 4 aromatic heterocycles. The molecule has 0 bridgehead atoms. The van der Waals surface area contributed by atoms with E-state index in [4.69, 9.17) is 19.8 Å². The van der Waals surface area contributed by atoms with Gasteiger partial charge in [-0.05, 0) is 44.7 Å². The zero-order chi connectivity index (χ0) is 25.5. The van der Waals surface area contributed by atoms with Crippen LogP contribution in [-0.4, -0.2) is 48.6 Å². The van der Waals surface area contributed by atoms with E-state index in [0.717, 1.165) is 62.8 Å². The average molecular weight is 514 g/mol. The first-order chi connectivity index (χ1) is 18.0. The highest BCUT2D eigenvalue weighted by molar-refractivity contribution is 7.22. The van der Waals surface area contributed by atoms with Crippen LogP contribution in [0.4, 0.5) is 5.82 Å². The number of hydrogen-bond donors (Lipinski definition) is 1. The quantitative estimate of drug-likeness (QED) is 0.280. The van der Waals surface area contributed by atoms with Crippen LogP contribution in [-0.2, 0) is 11.8 Å². The van der Waals surface area contributed by atoms with Gasteiger partial charge in [-0.2, -0.15) is 5.10 Å². The Morgan fingerprint density at radius 2 is 1.92 bits per heavy atom. The van der Waals surface area contributed by atoms with Crippen molar-refractivity contribution in [2.45, 2.75) is 51.3 Å². The van der Waals surface area contributed by atoms with Gasteiger partial charge in [-0.1, -0.05) is 30.3 Å². The lowest BCUT2D eigenvalue weighted by Crippen LogP contribution is -2.18. The van der Waals surface area contributed by atoms with Crippen LogP contribution in [0.2, 0.25) is 0 Å². The summed E-state index contributed by atoms with van der Waals surface area (Å²) in [6.45, 7) is 4.28. The highest BCUT2D eigenvalue weighted by Crippen LogP contribution is 2.47. The van der Waals surface area contributed by atoms with E-state index in [1.807, 2.05) is 34.8 Å². The first-order valence-electron chi connectivity index (χ1n) is 12.7. The Morgan fingerprint density at radius 3 is 2.59 bits per heavy atom. The van der Waals surface area contributed by atoms with Crippen molar-refractivity contribution in [3.63, 3.8) is 0 Å². The molecule has 6 rings (SSSR count). The Kier molecular flexibility index (Phi) is 6.26. The fraction of sp³-hybridized carbons (Fsp3) is 0.357. The molecule has 9 heteroatoms. The summed E-state index contributed by atoms with van der Waals surface area (Å²) in [5, 5.41) is 9.74. The Labute approximate surface area is 220 Å². The zero-order valence-electron chi connectivity index (χ0n) is 21.5. The summed E-state index contributed by atoms with van der Waals surface area (Å²) in [7, 11) is 3.76. The van der Waals surface area contributed by atoms with Crippen LogP contribution in [0.25, 0.3) is 43.6 Å². The summed E-state index contributed by atoms with van der Waals surface area (Å²) in [6.07, 6.45) is 9.06. The van der Waals surface area contributed by atoms with E-state index in [-0.39, 0.29) is 18.2 Å². The molecule has 5 aromatic rings. The third-order valence-corrected chi connectivity index (χ3v) is 8.17. The molecule has 1 aliphatic carbocycles. The van der Waals surface area contributed by atoms with Gasteiger partial charge in [-0.25, -0.2) is 15.0 Å². The molecule has 190 valence electrons. The Morgan fingerprint density at radius 1 is 1.08 bits per heavy atom. The number of aromatic nitrogens is 6. The minimum atomic E-state index is 0.274. The highest BCUT2D eigenvalue weighted by Gasteiger charge is 2.28. The second-order valence-electron chi connectivity index (χ2n) is 9.90. The molecule has 0 amide bonds. The van der Waals surface area contributed by atoms with Crippen molar-refractivity contribution in [1.82, 2.24) is 29.3 Å². The van der Waals surface area contributed by atoms with Gasteiger partial charge in [0, 0.05) is 50.4 Å². The zero-order valence-corrected chi connectivity index (χ0v) is 22.4. The molecule has 2 atom stereocenters. The molecule has 0 unspecified atom stereocenters. The van der Waals surface area contributed by atoms with Crippen LogP contribution < -0.4 is 5.32 Å². The van der Waals surface area contributed by atoms with E-state index in [1.54, 1.807) is 24.6 Å². The first kappa shape index (κ1) is 23.8. The van der Waals surface area contributed by atoms with Gasteiger partial charge in [0.2, 0.25) is 0 Å². The van der Waals surface area contributed by atoms with Crippen molar-refractivity contribution in [3.05, 3.63) is 55.0 Å². The van der Waals surface area contributed by atoms with E-state index < -0.39 is 0 Å². The summed E-state index contributed by atoms with van der Waals surface area (Å²) in [4.78, 5) is 16.7. The molecule has 8 nitrogen and oxygen atoms in total. The van der Waals surface area contributed by atoms with Gasteiger partial charge in [0.15, 0.2) is 11.6 Å². The molecule has 1 aliphatic rings. The molecule has 0 spiro atoms. The predicted molar refractivity (Wildman–Crippen MR) is 149 cm³/mol. The molecule has 1 saturated carbocycles. The van der Waals surface area contributed by atoms with E-state index in [0.29, 0.717) is 5.82 Å². The van der Waals surface area contributed by atoms with Gasteiger partial charge < -0.3 is 14.6 Å². The summed E-state index contributed by atoms with van der Waals surface area (Å²) in [6, 6.07) is 13.2. The lowest BCUT2D eigenvalue weighted by molar-refractivity contribution is 0.108. The maximum absolute atomic E-state index is 5.65. The molecule has 1 fully saturated rings. The fourth-order valence-corrected chi connectivity index (χ4v) is 6.23. The number of thiophene rings is 1. The van der Waals surface area contributed by atoms with Crippen molar-refractivity contribution in [1.29, 1.82) is 0 Å². The number of fused-ring (bicyclic) bond motifs is 1. The third kappa shape index (κ3) is 4.42. The van der Waals surface area contributed by atoms with Crippen molar-refractivity contribution in [3.8, 4) is 33.3 Å². The SMILES string of the molecule is CO[C@@H]1CC[C@H](Nc2nc(-c3nccn3C)nc3sc(-c4ccn(C(C)C)n4)c(-c4ccccc4)c23)C1. The average Bonchev–Trinajstić information content (AvgIpc) is 3.69. The van der Waals surface area contributed by atoms with Crippen LogP contribution in [0.3, 0.4) is 0 Å². The lowest BCUT2D eigenvalue weighted by Gasteiger charge is -2.16. The normalized spacial score (nSPS) is 17.8. The van der Waals surface area contributed by atoms with Crippen LogP contribution in [0, 0.1) is 0 Å². The molecule has 0 radical (unpaired) electrons. The topological polar surface area (TPSA) is 82.7 Å². The van der Waals surface area contributed by atoms with Crippen LogP contribution >= 0.6 is 11.3 Å². The number of ether oxygens (including phenoxy) is 1. The van der Waals surface area contributed by atoms with Crippen molar-refractivity contribution >= 4 is 27.4 Å². The minimum Gasteiger partial charge on any atom is -0.381 e. The lowest BCUT2D eigenvalue weighted by atomic mass is 10.0. The Balaban J connectivity index is 1.59. The van der Waals surface area contributed by atoms with E-state index in [2.05, 4.69) is 54.5 Å². The van der Waals surface area contributed by atoms with Gasteiger partial charge in [0.25, 0.3) is 0 Å². The summed E-state index contributed by atoms with van der Waals surface area (Å²) in [5.74, 6) is 2.20. The second kappa shape index (κ2) is 9.72. The molecular weight excluding hydrogens is 482 g/mol. The molecule has 1 aromatic carbocycles. The number of benzene rings is 1. The number of nitrogens with zero attached hydrogens (tertiary/aromatic N) is 6. The molecule has 0 saturated heterocycles. The summed E-state index contributed by atoms with van der Waals surface area (Å²) < 4.78 is 9.61. The molecule has 0 aliphatic heterocycles. The predicted octanol–water partition coefficient (Wildman–Crippen LogP) is 6.18. The maximum atomic E-state index is 5.65. The second-order valence-corrected chi connectivity index (χ2v) is 10.9. The van der Waals surface area contributed by atoms with Crippen LogP contribution in [0.15, 0.2) is 55.0 Å². The third-order valence-electron chi connectivity index (χ3n) is 7.06. The van der Waals surface area contributed by atoms with E-state index in [9.17, 15) is 0 Å².